The highest BCUT2D eigenvalue weighted by atomic mass is 79.9. The molecule has 0 radical (unpaired) electrons. The Morgan fingerprint density at radius 3 is 2.89 bits per heavy atom. The molecule has 0 saturated carbocycles. The third-order valence-corrected chi connectivity index (χ3v) is 3.32. The van der Waals surface area contributed by atoms with Crippen molar-refractivity contribution in [3.05, 3.63) is 52.0 Å². The Bertz CT molecular complexity index is 535. The second-order valence-corrected chi connectivity index (χ2v) is 5.20. The molecular weight excluding hydrogens is 311 g/mol. The maximum absolute atomic E-state index is 13.5. The third kappa shape index (κ3) is 3.20. The summed E-state index contributed by atoms with van der Waals surface area (Å²) in [4.78, 5) is 0. The van der Waals surface area contributed by atoms with Crippen LogP contribution in [-0.4, -0.2) is 9.78 Å². The van der Waals surface area contributed by atoms with E-state index in [1.165, 1.54) is 12.1 Å². The average Bonchev–Trinajstić information content (AvgIpc) is 2.78. The summed E-state index contributed by atoms with van der Waals surface area (Å²) < 4.78 is 16.1. The molecule has 3 N–H and O–H groups in total. The van der Waals surface area contributed by atoms with Gasteiger partial charge < -0.3 is 0 Å². The van der Waals surface area contributed by atoms with Gasteiger partial charge in [0.15, 0.2) is 0 Å². The van der Waals surface area contributed by atoms with E-state index in [1.807, 2.05) is 16.8 Å². The molecule has 6 heteroatoms. The predicted octanol–water partition coefficient (Wildman–Crippen LogP) is 2.75. The molecule has 0 amide bonds. The fraction of sp³-hybridized carbons (Fsp3) is 0.308. The Hall–Kier alpha value is -1.24. The number of nitrogens with one attached hydrogen (secondary N) is 1. The molecule has 1 atom stereocenters. The zero-order chi connectivity index (χ0) is 13.8. The first-order chi connectivity index (χ1) is 9.15. The van der Waals surface area contributed by atoms with Crippen LogP contribution in [0.25, 0.3) is 0 Å². The van der Waals surface area contributed by atoms with Gasteiger partial charge in [-0.1, -0.05) is 22.9 Å². The molecule has 0 aliphatic heterocycles. The number of halogens is 2. The van der Waals surface area contributed by atoms with Gasteiger partial charge in [-0.25, -0.2) is 9.82 Å². The van der Waals surface area contributed by atoms with Gasteiger partial charge in [-0.3, -0.25) is 10.5 Å². The summed E-state index contributed by atoms with van der Waals surface area (Å²) >= 11 is 3.29. The summed E-state index contributed by atoms with van der Waals surface area (Å²) in [7, 11) is 0. The first-order valence-electron chi connectivity index (χ1n) is 6.09. The van der Waals surface area contributed by atoms with Crippen LogP contribution in [0.1, 0.15) is 30.6 Å². The number of benzene rings is 1. The van der Waals surface area contributed by atoms with Crippen molar-refractivity contribution >= 4 is 15.9 Å². The minimum atomic E-state index is -0.300. The van der Waals surface area contributed by atoms with E-state index in [4.69, 9.17) is 5.84 Å². The smallest absolute Gasteiger partial charge is 0.124 e. The van der Waals surface area contributed by atoms with Crippen LogP contribution in [0.4, 0.5) is 4.39 Å². The number of rotatable bonds is 5. The van der Waals surface area contributed by atoms with E-state index in [0.717, 1.165) is 24.2 Å². The number of hydrogen-bond donors (Lipinski definition) is 2. The molecule has 0 saturated heterocycles. The molecule has 0 bridgehead atoms. The van der Waals surface area contributed by atoms with Crippen LogP contribution >= 0.6 is 15.9 Å². The van der Waals surface area contributed by atoms with Gasteiger partial charge in [-0.2, -0.15) is 5.10 Å². The lowest BCUT2D eigenvalue weighted by Crippen LogP contribution is -2.30. The van der Waals surface area contributed by atoms with Gasteiger partial charge in [0, 0.05) is 17.2 Å². The lowest BCUT2D eigenvalue weighted by atomic mass is 10.0. The minimum Gasteiger partial charge on any atom is -0.271 e. The maximum Gasteiger partial charge on any atom is 0.124 e. The SMILES string of the molecule is CCCn1nccc1C(NN)c1cc(F)cc(Br)c1. The number of aromatic nitrogens is 2. The standard InChI is InChI=1S/C13H16BrFN4/c1-2-5-19-12(3-4-17-19)13(18-16)9-6-10(14)8-11(15)7-9/h3-4,6-8,13,18H,2,5,16H2,1H3. The van der Waals surface area contributed by atoms with Gasteiger partial charge in [0.25, 0.3) is 0 Å². The molecule has 1 heterocycles. The molecule has 0 aliphatic carbocycles. The molecule has 0 spiro atoms. The quantitative estimate of drug-likeness (QED) is 0.656. The van der Waals surface area contributed by atoms with Crippen LogP contribution in [0, 0.1) is 5.82 Å². The van der Waals surface area contributed by atoms with Crippen molar-refractivity contribution in [3.8, 4) is 0 Å². The highest BCUT2D eigenvalue weighted by Gasteiger charge is 2.18. The Morgan fingerprint density at radius 2 is 2.26 bits per heavy atom. The van der Waals surface area contributed by atoms with Gasteiger partial charge in [-0.15, -0.1) is 0 Å². The summed E-state index contributed by atoms with van der Waals surface area (Å²) in [5.41, 5.74) is 4.40. The lowest BCUT2D eigenvalue weighted by Gasteiger charge is -2.18. The largest absolute Gasteiger partial charge is 0.271 e. The summed E-state index contributed by atoms with van der Waals surface area (Å²) in [6.07, 6.45) is 2.70. The van der Waals surface area contributed by atoms with Gasteiger partial charge in [0.2, 0.25) is 0 Å². The molecule has 1 aromatic heterocycles. The van der Waals surface area contributed by atoms with Gasteiger partial charge in [-0.05, 0) is 36.2 Å². The van der Waals surface area contributed by atoms with Gasteiger partial charge in [0.1, 0.15) is 5.82 Å². The van der Waals surface area contributed by atoms with Crippen molar-refractivity contribution < 1.29 is 4.39 Å². The third-order valence-electron chi connectivity index (χ3n) is 2.87. The monoisotopic (exact) mass is 326 g/mol. The number of aryl methyl sites for hydroxylation is 1. The van der Waals surface area contributed by atoms with Crippen LogP contribution in [-0.2, 0) is 6.54 Å². The van der Waals surface area contributed by atoms with Crippen molar-refractivity contribution in [3.63, 3.8) is 0 Å². The number of hydrazine groups is 1. The maximum atomic E-state index is 13.5. The topological polar surface area (TPSA) is 55.9 Å². The predicted molar refractivity (Wildman–Crippen MR) is 75.8 cm³/mol. The van der Waals surface area contributed by atoms with Crippen molar-refractivity contribution in [2.24, 2.45) is 5.84 Å². The summed E-state index contributed by atoms with van der Waals surface area (Å²) in [5, 5.41) is 4.26. The van der Waals surface area contributed by atoms with Crippen molar-refractivity contribution in [2.45, 2.75) is 25.9 Å². The summed E-state index contributed by atoms with van der Waals surface area (Å²) in [6, 6.07) is 6.33. The molecule has 4 nitrogen and oxygen atoms in total. The normalized spacial score (nSPS) is 12.6. The first-order valence-corrected chi connectivity index (χ1v) is 6.88. The van der Waals surface area contributed by atoms with Crippen LogP contribution in [0.15, 0.2) is 34.9 Å². The van der Waals surface area contributed by atoms with Crippen LogP contribution in [0.5, 0.6) is 0 Å². The highest BCUT2D eigenvalue weighted by molar-refractivity contribution is 9.10. The van der Waals surface area contributed by atoms with E-state index in [2.05, 4.69) is 33.4 Å². The Kier molecular flexibility index (Phi) is 4.68. The number of nitrogens with zero attached hydrogens (tertiary/aromatic N) is 2. The molecule has 102 valence electrons. The summed E-state index contributed by atoms with van der Waals surface area (Å²) in [5.74, 6) is 5.33. The molecule has 2 rings (SSSR count). The molecule has 2 aromatic rings. The highest BCUT2D eigenvalue weighted by Crippen LogP contribution is 2.25. The molecule has 1 unspecified atom stereocenters. The fourth-order valence-electron chi connectivity index (χ4n) is 2.08. The van der Waals surface area contributed by atoms with E-state index in [0.29, 0.717) is 4.47 Å². The van der Waals surface area contributed by atoms with E-state index < -0.39 is 0 Å². The Balaban J connectivity index is 2.40. The van der Waals surface area contributed by atoms with Gasteiger partial charge >= 0.3 is 0 Å². The van der Waals surface area contributed by atoms with E-state index in [9.17, 15) is 4.39 Å². The average molecular weight is 327 g/mol. The van der Waals surface area contributed by atoms with E-state index in [-0.39, 0.29) is 11.9 Å². The van der Waals surface area contributed by atoms with E-state index in [1.54, 1.807) is 6.20 Å². The van der Waals surface area contributed by atoms with Gasteiger partial charge in [0.05, 0.1) is 11.7 Å². The lowest BCUT2D eigenvalue weighted by molar-refractivity contribution is 0.518. The zero-order valence-electron chi connectivity index (χ0n) is 10.6. The second kappa shape index (κ2) is 6.27. The van der Waals surface area contributed by atoms with Crippen molar-refractivity contribution in [2.75, 3.05) is 0 Å². The number of hydrogen-bond acceptors (Lipinski definition) is 3. The minimum absolute atomic E-state index is 0.291. The van der Waals surface area contributed by atoms with Crippen LogP contribution in [0.3, 0.4) is 0 Å². The Morgan fingerprint density at radius 1 is 1.47 bits per heavy atom. The second-order valence-electron chi connectivity index (χ2n) is 4.28. The molecule has 0 fully saturated rings. The van der Waals surface area contributed by atoms with Crippen LogP contribution < -0.4 is 11.3 Å². The summed E-state index contributed by atoms with van der Waals surface area (Å²) in [6.45, 7) is 2.88. The number of nitrogens with two attached hydrogens (primary N) is 1. The Labute approximate surface area is 119 Å². The molecule has 1 aromatic carbocycles. The molecule has 0 aliphatic rings. The molecule has 19 heavy (non-hydrogen) atoms. The van der Waals surface area contributed by atoms with E-state index >= 15 is 0 Å². The van der Waals surface area contributed by atoms with Crippen LogP contribution in [0.2, 0.25) is 0 Å². The fourth-order valence-corrected chi connectivity index (χ4v) is 2.56. The first kappa shape index (κ1) is 14.2. The van der Waals surface area contributed by atoms with Crippen molar-refractivity contribution in [1.29, 1.82) is 0 Å². The molecular formula is C13H16BrFN4. The van der Waals surface area contributed by atoms with Crippen molar-refractivity contribution in [1.82, 2.24) is 15.2 Å². The zero-order valence-corrected chi connectivity index (χ0v) is 12.2.